The minimum absolute atomic E-state index is 0.606. The molecule has 0 saturated carbocycles. The second kappa shape index (κ2) is 4.63. The van der Waals surface area contributed by atoms with Crippen LogP contribution in [-0.4, -0.2) is 4.57 Å². The fourth-order valence-electron chi connectivity index (χ4n) is 3.70. The molecule has 1 aliphatic carbocycles. The van der Waals surface area contributed by atoms with Gasteiger partial charge in [-0.2, -0.15) is 0 Å². The maximum Gasteiger partial charge on any atom is 0.0563 e. The van der Waals surface area contributed by atoms with Crippen LogP contribution < -0.4 is 10.6 Å². The van der Waals surface area contributed by atoms with Gasteiger partial charge in [-0.15, -0.1) is 0 Å². The summed E-state index contributed by atoms with van der Waals surface area (Å²) in [7, 11) is 0. The smallest absolute Gasteiger partial charge is 0.0563 e. The zero-order chi connectivity index (χ0) is 14.4. The van der Waals surface area contributed by atoms with Gasteiger partial charge in [-0.25, -0.2) is 0 Å². The molecular formula is C20H19N. The van der Waals surface area contributed by atoms with Crippen molar-refractivity contribution in [2.45, 2.75) is 19.8 Å². The summed E-state index contributed by atoms with van der Waals surface area (Å²) in [6, 6.07) is 8.61. The van der Waals surface area contributed by atoms with Gasteiger partial charge < -0.3 is 4.57 Å². The van der Waals surface area contributed by atoms with Crippen LogP contribution >= 0.6 is 0 Å². The molecule has 104 valence electrons. The highest BCUT2D eigenvalue weighted by atomic mass is 15.0. The first kappa shape index (κ1) is 12.5. The molecule has 1 nitrogen and oxygen atoms in total. The molecular weight excluding hydrogens is 254 g/mol. The number of allylic oxidation sites excluding steroid dienone is 6. The number of rotatable bonds is 1. The van der Waals surface area contributed by atoms with E-state index in [1.54, 1.807) is 0 Å². The van der Waals surface area contributed by atoms with Gasteiger partial charge in [-0.3, -0.25) is 0 Å². The summed E-state index contributed by atoms with van der Waals surface area (Å²) in [5.41, 5.74) is 4.07. The molecule has 0 radical (unpaired) electrons. The predicted octanol–water partition coefficient (Wildman–Crippen LogP) is 3.60. The predicted molar refractivity (Wildman–Crippen MR) is 91.1 cm³/mol. The summed E-state index contributed by atoms with van der Waals surface area (Å²) in [5, 5.41) is 3.72. The highest BCUT2D eigenvalue weighted by molar-refractivity contribution is 5.86. The van der Waals surface area contributed by atoms with Crippen molar-refractivity contribution in [1.29, 1.82) is 0 Å². The second-order valence-electron chi connectivity index (χ2n) is 5.92. The van der Waals surface area contributed by atoms with Crippen LogP contribution in [0.25, 0.3) is 28.8 Å². The summed E-state index contributed by atoms with van der Waals surface area (Å²) in [6.07, 6.45) is 13.4. The molecule has 0 N–H and O–H groups in total. The molecule has 4 rings (SSSR count). The Hall–Kier alpha value is -2.28. The number of para-hydroxylation sites is 1. The zero-order valence-electron chi connectivity index (χ0n) is 12.3. The van der Waals surface area contributed by atoms with Crippen molar-refractivity contribution < 1.29 is 0 Å². The molecule has 2 heterocycles. The third-order valence-corrected chi connectivity index (χ3v) is 4.56. The molecule has 0 fully saturated rings. The lowest BCUT2D eigenvalue weighted by atomic mass is 9.92. The molecule has 0 amide bonds. The van der Waals surface area contributed by atoms with Gasteiger partial charge in [0.1, 0.15) is 0 Å². The number of hydrogen-bond acceptors (Lipinski definition) is 0. The lowest BCUT2D eigenvalue weighted by Gasteiger charge is -2.16. The first-order valence-corrected chi connectivity index (χ1v) is 7.61. The fraction of sp³-hybridized carbons (Fsp3) is 0.200. The van der Waals surface area contributed by atoms with E-state index in [-0.39, 0.29) is 0 Å². The molecule has 2 bridgehead atoms. The summed E-state index contributed by atoms with van der Waals surface area (Å²) in [6.45, 7) is 6.48. The van der Waals surface area contributed by atoms with Crippen LogP contribution in [0.4, 0.5) is 0 Å². The quantitative estimate of drug-likeness (QED) is 0.748. The molecule has 2 aromatic rings. The van der Waals surface area contributed by atoms with Crippen molar-refractivity contribution in [2.24, 2.45) is 5.92 Å². The van der Waals surface area contributed by atoms with Crippen molar-refractivity contribution in [3.05, 3.63) is 65.2 Å². The van der Waals surface area contributed by atoms with Crippen LogP contribution in [0, 0.1) is 5.92 Å². The minimum atomic E-state index is 0.606. The van der Waals surface area contributed by atoms with Crippen molar-refractivity contribution in [3.63, 3.8) is 0 Å². The number of nitrogens with zero attached hydrogens (tertiary/aromatic N) is 1. The van der Waals surface area contributed by atoms with Crippen molar-refractivity contribution >= 4 is 28.8 Å². The number of hydrogen-bond donors (Lipinski definition) is 0. The van der Waals surface area contributed by atoms with Crippen molar-refractivity contribution in [1.82, 2.24) is 4.57 Å². The van der Waals surface area contributed by atoms with Gasteiger partial charge in [0.15, 0.2) is 0 Å². The minimum Gasteiger partial charge on any atom is -0.313 e. The van der Waals surface area contributed by atoms with Gasteiger partial charge in [-0.1, -0.05) is 49.1 Å². The molecule has 2 aliphatic rings. The van der Waals surface area contributed by atoms with Gasteiger partial charge in [0, 0.05) is 16.3 Å². The highest BCUT2D eigenvalue weighted by Gasteiger charge is 2.22. The monoisotopic (exact) mass is 273 g/mol. The first-order valence-electron chi connectivity index (χ1n) is 7.61. The van der Waals surface area contributed by atoms with Crippen LogP contribution in [0.3, 0.4) is 0 Å². The van der Waals surface area contributed by atoms with Crippen LogP contribution in [-0.2, 0) is 0 Å². The highest BCUT2D eigenvalue weighted by Crippen LogP contribution is 2.31. The van der Waals surface area contributed by atoms with Gasteiger partial charge in [-0.05, 0) is 43.4 Å². The summed E-state index contributed by atoms with van der Waals surface area (Å²) < 4.78 is 2.43. The van der Waals surface area contributed by atoms with E-state index in [2.05, 4.69) is 72.7 Å². The Balaban J connectivity index is 2.25. The zero-order valence-corrected chi connectivity index (χ0v) is 12.3. The molecule has 1 aliphatic heterocycles. The molecule has 1 aromatic carbocycles. The van der Waals surface area contributed by atoms with Gasteiger partial charge in [0.25, 0.3) is 0 Å². The standard InChI is InChI=1S/C20H19N/c1-3-7-16-12-15-8-6-9-17(13-15)21-19-11-5-4-10-18(19)14(2)20(16)21/h3-11,15H,2,12-13H2,1H3/b7-3-. The van der Waals surface area contributed by atoms with Gasteiger partial charge in [0.05, 0.1) is 10.9 Å². The van der Waals surface area contributed by atoms with Gasteiger partial charge in [0.2, 0.25) is 0 Å². The van der Waals surface area contributed by atoms with E-state index in [1.807, 2.05) is 0 Å². The van der Waals surface area contributed by atoms with Crippen LogP contribution in [0.15, 0.2) is 54.6 Å². The Morgan fingerprint density at radius 2 is 2.10 bits per heavy atom. The Labute approximate surface area is 124 Å². The maximum atomic E-state index is 4.39. The van der Waals surface area contributed by atoms with E-state index in [0.717, 1.165) is 18.1 Å². The van der Waals surface area contributed by atoms with E-state index in [4.69, 9.17) is 0 Å². The maximum absolute atomic E-state index is 4.39. The molecule has 1 atom stereocenters. The van der Waals surface area contributed by atoms with E-state index in [9.17, 15) is 0 Å². The average Bonchev–Trinajstić information content (AvgIpc) is 2.75. The van der Waals surface area contributed by atoms with E-state index < -0.39 is 0 Å². The molecule has 0 saturated heterocycles. The van der Waals surface area contributed by atoms with Gasteiger partial charge >= 0.3 is 0 Å². The Morgan fingerprint density at radius 3 is 2.95 bits per heavy atom. The lowest BCUT2D eigenvalue weighted by Crippen LogP contribution is -2.29. The Morgan fingerprint density at radius 1 is 1.24 bits per heavy atom. The van der Waals surface area contributed by atoms with Crippen molar-refractivity contribution in [2.75, 3.05) is 0 Å². The van der Waals surface area contributed by atoms with Crippen LogP contribution in [0.2, 0.25) is 0 Å². The van der Waals surface area contributed by atoms with E-state index in [1.165, 1.54) is 27.5 Å². The summed E-state index contributed by atoms with van der Waals surface area (Å²) in [4.78, 5) is 0. The second-order valence-corrected chi connectivity index (χ2v) is 5.92. The molecule has 1 aromatic heterocycles. The van der Waals surface area contributed by atoms with Crippen molar-refractivity contribution in [3.8, 4) is 0 Å². The van der Waals surface area contributed by atoms with Crippen LogP contribution in [0.5, 0.6) is 0 Å². The topological polar surface area (TPSA) is 4.93 Å². The van der Waals surface area contributed by atoms with Crippen LogP contribution in [0.1, 0.15) is 19.8 Å². The number of fused-ring (bicyclic) bond motifs is 6. The van der Waals surface area contributed by atoms with E-state index >= 15 is 0 Å². The molecule has 1 unspecified atom stereocenters. The molecule has 0 spiro atoms. The largest absolute Gasteiger partial charge is 0.313 e. The fourth-order valence-corrected chi connectivity index (χ4v) is 3.70. The number of benzene rings is 1. The first-order chi connectivity index (χ1) is 10.3. The SMILES string of the molecule is C=c1c2n(c3ccccc13)C1=CC=CC(C1)CC=2/C=C\C. The number of aromatic nitrogens is 1. The average molecular weight is 273 g/mol. The molecule has 1 heteroatoms. The third-order valence-electron chi connectivity index (χ3n) is 4.56. The Kier molecular flexibility index (Phi) is 2.75. The lowest BCUT2D eigenvalue weighted by molar-refractivity contribution is 0.684. The normalized spacial score (nSPS) is 20.7. The summed E-state index contributed by atoms with van der Waals surface area (Å²) >= 11 is 0. The van der Waals surface area contributed by atoms with E-state index in [0.29, 0.717) is 5.92 Å². The third kappa shape index (κ3) is 1.77. The summed E-state index contributed by atoms with van der Waals surface area (Å²) in [5.74, 6) is 0.606. The molecule has 21 heavy (non-hydrogen) atoms. The Bertz CT molecular complexity index is 919.